The van der Waals surface area contributed by atoms with Crippen LogP contribution in [0.15, 0.2) is 12.7 Å². The Morgan fingerprint density at radius 1 is 1.57 bits per heavy atom. The van der Waals surface area contributed by atoms with Crippen molar-refractivity contribution in [1.82, 2.24) is 0 Å². The van der Waals surface area contributed by atoms with Crippen molar-refractivity contribution in [1.29, 1.82) is 5.26 Å². The fraction of sp³-hybridized carbons (Fsp3) is 0.750. The van der Waals surface area contributed by atoms with E-state index in [1.807, 2.05) is 26.8 Å². The molecule has 0 aliphatic carbocycles. The van der Waals surface area contributed by atoms with Gasteiger partial charge in [0.15, 0.2) is 0 Å². The van der Waals surface area contributed by atoms with Crippen LogP contribution < -0.4 is 0 Å². The second kappa shape index (κ2) is 5.82. The summed E-state index contributed by atoms with van der Waals surface area (Å²) in [4.78, 5) is 0. The summed E-state index contributed by atoms with van der Waals surface area (Å²) < 4.78 is 0. The highest BCUT2D eigenvalue weighted by molar-refractivity contribution is 4.92. The van der Waals surface area contributed by atoms with E-state index in [-0.39, 0.29) is 17.4 Å². The molecule has 0 fully saturated rings. The van der Waals surface area contributed by atoms with Crippen LogP contribution in [0.25, 0.3) is 0 Å². The van der Waals surface area contributed by atoms with Crippen molar-refractivity contribution < 1.29 is 5.11 Å². The molecule has 0 bridgehead atoms. The summed E-state index contributed by atoms with van der Waals surface area (Å²) in [7, 11) is 0. The Balaban J connectivity index is 3.90. The van der Waals surface area contributed by atoms with Crippen LogP contribution in [-0.4, -0.2) is 11.2 Å². The zero-order chi connectivity index (χ0) is 11.2. The van der Waals surface area contributed by atoms with Gasteiger partial charge in [-0.1, -0.05) is 13.0 Å². The second-order valence-corrected chi connectivity index (χ2v) is 4.60. The van der Waals surface area contributed by atoms with Crippen LogP contribution in [0.2, 0.25) is 0 Å². The van der Waals surface area contributed by atoms with E-state index in [1.165, 1.54) is 0 Å². The Bertz CT molecular complexity index is 215. The van der Waals surface area contributed by atoms with Gasteiger partial charge >= 0.3 is 0 Å². The molecule has 0 aromatic heterocycles. The van der Waals surface area contributed by atoms with Gasteiger partial charge in [0.05, 0.1) is 17.6 Å². The average Bonchev–Trinajstić information content (AvgIpc) is 2.15. The summed E-state index contributed by atoms with van der Waals surface area (Å²) >= 11 is 0. The molecular formula is C12H21NO. The van der Waals surface area contributed by atoms with Crippen molar-refractivity contribution in [3.63, 3.8) is 0 Å². The first-order chi connectivity index (χ1) is 6.43. The van der Waals surface area contributed by atoms with Gasteiger partial charge in [-0.2, -0.15) is 5.26 Å². The molecule has 0 rings (SSSR count). The summed E-state index contributed by atoms with van der Waals surface area (Å²) in [6.45, 7) is 9.45. The van der Waals surface area contributed by atoms with E-state index in [2.05, 4.69) is 12.6 Å². The van der Waals surface area contributed by atoms with E-state index in [1.54, 1.807) is 0 Å². The third-order valence-corrected chi connectivity index (χ3v) is 2.56. The minimum absolute atomic E-state index is 0.238. The Labute approximate surface area is 87.3 Å². The Morgan fingerprint density at radius 3 is 2.57 bits per heavy atom. The van der Waals surface area contributed by atoms with Crippen LogP contribution in [0.4, 0.5) is 0 Å². The molecule has 0 heterocycles. The van der Waals surface area contributed by atoms with Gasteiger partial charge < -0.3 is 5.11 Å². The van der Waals surface area contributed by atoms with E-state index >= 15 is 0 Å². The van der Waals surface area contributed by atoms with E-state index in [0.29, 0.717) is 6.42 Å². The maximum atomic E-state index is 9.75. The van der Waals surface area contributed by atoms with Crippen molar-refractivity contribution >= 4 is 0 Å². The monoisotopic (exact) mass is 195 g/mol. The molecule has 80 valence electrons. The molecule has 14 heavy (non-hydrogen) atoms. The van der Waals surface area contributed by atoms with Crippen LogP contribution in [0, 0.1) is 22.7 Å². The highest BCUT2D eigenvalue weighted by Gasteiger charge is 2.20. The Kier molecular flexibility index (Phi) is 5.49. The normalized spacial score (nSPS) is 15.6. The molecule has 0 aromatic carbocycles. The zero-order valence-corrected chi connectivity index (χ0v) is 9.45. The van der Waals surface area contributed by atoms with Gasteiger partial charge in [0.1, 0.15) is 0 Å². The molecule has 0 aromatic rings. The summed E-state index contributed by atoms with van der Waals surface area (Å²) in [5.74, 6) is 0.238. The summed E-state index contributed by atoms with van der Waals surface area (Å²) in [6.07, 6.45) is 3.76. The molecule has 0 spiro atoms. The van der Waals surface area contributed by atoms with E-state index in [9.17, 15) is 5.11 Å². The van der Waals surface area contributed by atoms with Crippen LogP contribution in [0.5, 0.6) is 0 Å². The van der Waals surface area contributed by atoms with Crippen molar-refractivity contribution in [2.75, 3.05) is 0 Å². The molecule has 0 amide bonds. The molecule has 0 aliphatic heterocycles. The molecule has 0 saturated carbocycles. The average molecular weight is 195 g/mol. The number of hydrogen-bond donors (Lipinski definition) is 1. The van der Waals surface area contributed by atoms with Gasteiger partial charge in [0.25, 0.3) is 0 Å². The molecule has 0 aliphatic rings. The first kappa shape index (κ1) is 13.2. The summed E-state index contributed by atoms with van der Waals surface area (Å²) in [5, 5.41) is 18.6. The highest BCUT2D eigenvalue weighted by atomic mass is 16.3. The first-order valence-electron chi connectivity index (χ1n) is 5.13. The lowest BCUT2D eigenvalue weighted by atomic mass is 9.86. The third-order valence-electron chi connectivity index (χ3n) is 2.56. The molecule has 0 radical (unpaired) electrons. The molecule has 2 nitrogen and oxygen atoms in total. The zero-order valence-electron chi connectivity index (χ0n) is 9.45. The maximum absolute atomic E-state index is 9.75. The quantitative estimate of drug-likeness (QED) is 0.662. The van der Waals surface area contributed by atoms with Gasteiger partial charge in [-0.25, -0.2) is 0 Å². The molecule has 0 unspecified atom stereocenters. The van der Waals surface area contributed by atoms with Crippen molar-refractivity contribution in [2.24, 2.45) is 11.3 Å². The van der Waals surface area contributed by atoms with Crippen molar-refractivity contribution in [3.05, 3.63) is 12.7 Å². The molecule has 2 heteroatoms. The lowest BCUT2D eigenvalue weighted by Crippen LogP contribution is -2.20. The lowest BCUT2D eigenvalue weighted by molar-refractivity contribution is 0.0985. The standard InChI is InChI=1S/C12H21NO/c1-5-6-10(2)11(14)7-8-12(3,4)9-13/h5,10-11,14H,1,6-8H2,2-4H3/t10-,11-/m1/s1. The number of rotatable bonds is 6. The lowest BCUT2D eigenvalue weighted by Gasteiger charge is -2.21. The molecule has 1 N–H and O–H groups in total. The summed E-state index contributed by atoms with van der Waals surface area (Å²) in [5.41, 5.74) is -0.325. The minimum Gasteiger partial charge on any atom is -0.393 e. The maximum Gasteiger partial charge on any atom is 0.0683 e. The molecule has 2 atom stereocenters. The smallest absolute Gasteiger partial charge is 0.0683 e. The SMILES string of the molecule is C=CC[C@@H](C)[C@H](O)CCC(C)(C)C#N. The number of hydrogen-bond acceptors (Lipinski definition) is 2. The van der Waals surface area contributed by atoms with Gasteiger partial charge in [-0.05, 0) is 39.0 Å². The van der Waals surface area contributed by atoms with Gasteiger partial charge in [-0.15, -0.1) is 6.58 Å². The predicted octanol–water partition coefficient (Wildman–Crippen LogP) is 2.89. The molecular weight excluding hydrogens is 174 g/mol. The van der Waals surface area contributed by atoms with E-state index in [4.69, 9.17) is 5.26 Å². The Morgan fingerprint density at radius 2 is 2.14 bits per heavy atom. The van der Waals surface area contributed by atoms with Gasteiger partial charge in [0.2, 0.25) is 0 Å². The second-order valence-electron chi connectivity index (χ2n) is 4.60. The third kappa shape index (κ3) is 5.04. The number of nitriles is 1. The van der Waals surface area contributed by atoms with Crippen LogP contribution >= 0.6 is 0 Å². The number of aliphatic hydroxyl groups is 1. The first-order valence-corrected chi connectivity index (χ1v) is 5.13. The predicted molar refractivity (Wildman–Crippen MR) is 58.6 cm³/mol. The number of allylic oxidation sites excluding steroid dienone is 1. The summed E-state index contributed by atoms with van der Waals surface area (Å²) in [6, 6.07) is 2.24. The van der Waals surface area contributed by atoms with Crippen LogP contribution in [0.1, 0.15) is 40.0 Å². The minimum atomic E-state index is -0.325. The van der Waals surface area contributed by atoms with Crippen molar-refractivity contribution in [3.8, 4) is 6.07 Å². The fourth-order valence-electron chi connectivity index (χ4n) is 1.27. The van der Waals surface area contributed by atoms with Gasteiger partial charge in [-0.3, -0.25) is 0 Å². The number of aliphatic hydroxyl groups excluding tert-OH is 1. The van der Waals surface area contributed by atoms with Gasteiger partial charge in [0, 0.05) is 0 Å². The van der Waals surface area contributed by atoms with E-state index < -0.39 is 0 Å². The molecule has 0 saturated heterocycles. The van der Waals surface area contributed by atoms with Crippen LogP contribution in [-0.2, 0) is 0 Å². The number of nitrogens with zero attached hydrogens (tertiary/aromatic N) is 1. The Hall–Kier alpha value is -0.810. The van der Waals surface area contributed by atoms with Crippen LogP contribution in [0.3, 0.4) is 0 Å². The van der Waals surface area contributed by atoms with Crippen molar-refractivity contribution in [2.45, 2.75) is 46.1 Å². The topological polar surface area (TPSA) is 44.0 Å². The van der Waals surface area contributed by atoms with E-state index in [0.717, 1.165) is 12.8 Å². The largest absolute Gasteiger partial charge is 0.393 e. The highest BCUT2D eigenvalue weighted by Crippen LogP contribution is 2.24. The fourth-order valence-corrected chi connectivity index (χ4v) is 1.27.